The highest BCUT2D eigenvalue weighted by molar-refractivity contribution is 7.17. The van der Waals surface area contributed by atoms with Gasteiger partial charge in [0.1, 0.15) is 0 Å². The third-order valence-corrected chi connectivity index (χ3v) is 6.62. The van der Waals surface area contributed by atoms with Crippen molar-refractivity contribution in [2.45, 2.75) is 31.8 Å². The standard InChI is InChI=1S/C18H20ClN3OS/c1-11-17(12-6-8-22(11)9-7-12)21-18(23)16-5-4-15(24-16)14-3-2-13(19)10-20-14/h2-5,10-12,17H,6-9H2,1H3,(H,21,23). The third kappa shape index (κ3) is 2.96. The van der Waals surface area contributed by atoms with Crippen LogP contribution >= 0.6 is 22.9 Å². The molecule has 3 saturated heterocycles. The number of nitrogens with one attached hydrogen (secondary N) is 1. The minimum Gasteiger partial charge on any atom is -0.347 e. The molecule has 3 aliphatic heterocycles. The Balaban J connectivity index is 1.48. The van der Waals surface area contributed by atoms with Crippen LogP contribution in [0, 0.1) is 5.92 Å². The van der Waals surface area contributed by atoms with Gasteiger partial charge in [-0.25, -0.2) is 0 Å². The number of nitrogens with zero attached hydrogens (tertiary/aromatic N) is 2. The normalized spacial score (nSPS) is 28.8. The summed E-state index contributed by atoms with van der Waals surface area (Å²) in [4.78, 5) is 21.2. The van der Waals surface area contributed by atoms with Crippen molar-refractivity contribution < 1.29 is 4.79 Å². The summed E-state index contributed by atoms with van der Waals surface area (Å²) in [6.07, 6.45) is 4.02. The van der Waals surface area contributed by atoms with Gasteiger partial charge in [-0.1, -0.05) is 11.6 Å². The Morgan fingerprint density at radius 3 is 2.75 bits per heavy atom. The van der Waals surface area contributed by atoms with Gasteiger partial charge in [-0.05, 0) is 63.0 Å². The van der Waals surface area contributed by atoms with Gasteiger partial charge >= 0.3 is 0 Å². The summed E-state index contributed by atoms with van der Waals surface area (Å²) in [7, 11) is 0. The summed E-state index contributed by atoms with van der Waals surface area (Å²) in [5.74, 6) is 0.650. The fourth-order valence-electron chi connectivity index (χ4n) is 3.89. The number of aromatic nitrogens is 1. The van der Waals surface area contributed by atoms with E-state index in [0.29, 0.717) is 17.0 Å². The van der Waals surface area contributed by atoms with E-state index in [1.807, 2.05) is 24.3 Å². The van der Waals surface area contributed by atoms with Crippen molar-refractivity contribution in [3.8, 4) is 10.6 Å². The van der Waals surface area contributed by atoms with Crippen molar-refractivity contribution in [2.24, 2.45) is 5.92 Å². The summed E-state index contributed by atoms with van der Waals surface area (Å²) in [6, 6.07) is 8.23. The first-order chi connectivity index (χ1) is 11.6. The molecule has 4 nitrogen and oxygen atoms in total. The molecule has 5 rings (SSSR count). The van der Waals surface area contributed by atoms with Crippen molar-refractivity contribution in [3.63, 3.8) is 0 Å². The minimum absolute atomic E-state index is 0.0332. The predicted octanol–water partition coefficient (Wildman–Crippen LogP) is 3.68. The highest BCUT2D eigenvalue weighted by Crippen LogP contribution is 2.33. The molecular formula is C18H20ClN3OS. The second kappa shape index (κ2) is 6.47. The maximum atomic E-state index is 12.7. The van der Waals surface area contributed by atoms with Gasteiger partial charge in [-0.3, -0.25) is 14.7 Å². The number of halogens is 1. The van der Waals surface area contributed by atoms with Crippen LogP contribution in [0.15, 0.2) is 30.5 Å². The van der Waals surface area contributed by atoms with Crippen LogP contribution in [0.25, 0.3) is 10.6 Å². The van der Waals surface area contributed by atoms with Crippen molar-refractivity contribution in [1.82, 2.24) is 15.2 Å². The van der Waals surface area contributed by atoms with Gasteiger partial charge in [0.25, 0.3) is 5.91 Å². The molecule has 2 bridgehead atoms. The lowest BCUT2D eigenvalue weighted by molar-refractivity contribution is 0.0218. The van der Waals surface area contributed by atoms with Crippen molar-refractivity contribution in [3.05, 3.63) is 40.4 Å². The lowest BCUT2D eigenvalue weighted by atomic mass is 9.79. The molecule has 6 heteroatoms. The monoisotopic (exact) mass is 361 g/mol. The second-order valence-corrected chi connectivity index (χ2v) is 8.16. The van der Waals surface area contributed by atoms with Crippen molar-refractivity contribution >= 4 is 28.8 Å². The van der Waals surface area contributed by atoms with Crippen molar-refractivity contribution in [1.29, 1.82) is 0 Å². The van der Waals surface area contributed by atoms with Gasteiger partial charge in [0.15, 0.2) is 0 Å². The van der Waals surface area contributed by atoms with Crippen LogP contribution in [-0.2, 0) is 0 Å². The van der Waals surface area contributed by atoms with E-state index in [1.54, 1.807) is 6.20 Å². The highest BCUT2D eigenvalue weighted by Gasteiger charge is 2.40. The molecule has 24 heavy (non-hydrogen) atoms. The zero-order valence-electron chi connectivity index (χ0n) is 13.5. The smallest absolute Gasteiger partial charge is 0.261 e. The Bertz CT molecular complexity index is 735. The molecule has 3 fully saturated rings. The van der Waals surface area contributed by atoms with Gasteiger partial charge in [0.05, 0.1) is 20.5 Å². The van der Waals surface area contributed by atoms with Crippen LogP contribution < -0.4 is 5.32 Å². The first kappa shape index (κ1) is 16.1. The molecule has 0 aromatic carbocycles. The molecule has 2 atom stereocenters. The van der Waals surface area contributed by atoms with E-state index in [2.05, 4.69) is 22.1 Å². The van der Waals surface area contributed by atoms with Gasteiger partial charge < -0.3 is 5.32 Å². The number of hydrogen-bond donors (Lipinski definition) is 1. The third-order valence-electron chi connectivity index (χ3n) is 5.29. The number of rotatable bonds is 3. The number of piperidine rings is 3. The maximum Gasteiger partial charge on any atom is 0.261 e. The Kier molecular flexibility index (Phi) is 4.33. The maximum absolute atomic E-state index is 12.7. The number of fused-ring (bicyclic) bond motifs is 3. The quantitative estimate of drug-likeness (QED) is 0.907. The molecule has 1 N–H and O–H groups in total. The highest BCUT2D eigenvalue weighted by atomic mass is 35.5. The number of pyridine rings is 1. The topological polar surface area (TPSA) is 45.2 Å². The molecule has 2 unspecified atom stereocenters. The molecule has 0 spiro atoms. The van der Waals surface area contributed by atoms with Crippen LogP contribution in [0.5, 0.6) is 0 Å². The number of carbonyl (C=O) groups is 1. The number of hydrogen-bond acceptors (Lipinski definition) is 4. The molecule has 0 radical (unpaired) electrons. The van der Waals surface area contributed by atoms with E-state index in [1.165, 1.54) is 37.3 Å². The fraction of sp³-hybridized carbons (Fsp3) is 0.444. The molecule has 2 aromatic rings. The largest absolute Gasteiger partial charge is 0.347 e. The number of thiophene rings is 1. The summed E-state index contributed by atoms with van der Waals surface area (Å²) in [5, 5.41) is 3.89. The molecule has 0 aliphatic carbocycles. The molecule has 1 amide bonds. The first-order valence-electron chi connectivity index (χ1n) is 8.38. The van der Waals surface area contributed by atoms with Gasteiger partial charge in [-0.2, -0.15) is 0 Å². The predicted molar refractivity (Wildman–Crippen MR) is 97.6 cm³/mol. The average Bonchev–Trinajstić information content (AvgIpc) is 3.09. The molecule has 126 valence electrons. The Morgan fingerprint density at radius 2 is 2.08 bits per heavy atom. The van der Waals surface area contributed by atoms with Crippen LogP contribution in [0.1, 0.15) is 29.4 Å². The molecule has 5 heterocycles. The van der Waals surface area contributed by atoms with E-state index in [-0.39, 0.29) is 11.9 Å². The molecule has 3 aliphatic rings. The van der Waals surface area contributed by atoms with Gasteiger partial charge in [-0.15, -0.1) is 11.3 Å². The van der Waals surface area contributed by atoms with Crippen LogP contribution in [0.2, 0.25) is 5.02 Å². The van der Waals surface area contributed by atoms with Crippen LogP contribution in [0.3, 0.4) is 0 Å². The lowest BCUT2D eigenvalue weighted by Crippen LogP contribution is -2.62. The van der Waals surface area contributed by atoms with Gasteiger partial charge in [0, 0.05) is 18.3 Å². The average molecular weight is 362 g/mol. The zero-order chi connectivity index (χ0) is 16.7. The van der Waals surface area contributed by atoms with E-state index in [0.717, 1.165) is 15.4 Å². The van der Waals surface area contributed by atoms with E-state index < -0.39 is 0 Å². The van der Waals surface area contributed by atoms with E-state index >= 15 is 0 Å². The SMILES string of the molecule is CC1C(NC(=O)c2ccc(-c3ccc(Cl)cn3)s2)C2CCN1CC2. The van der Waals surface area contributed by atoms with Crippen LogP contribution in [-0.4, -0.2) is 41.0 Å². The molecular weight excluding hydrogens is 342 g/mol. The minimum atomic E-state index is 0.0332. The fourth-order valence-corrected chi connectivity index (χ4v) is 4.88. The zero-order valence-corrected chi connectivity index (χ0v) is 15.1. The molecule has 0 saturated carbocycles. The first-order valence-corrected chi connectivity index (χ1v) is 9.58. The van der Waals surface area contributed by atoms with E-state index in [4.69, 9.17) is 11.6 Å². The lowest BCUT2D eigenvalue weighted by Gasteiger charge is -2.49. The summed E-state index contributed by atoms with van der Waals surface area (Å²) in [6.45, 7) is 4.57. The van der Waals surface area contributed by atoms with Crippen LogP contribution in [0.4, 0.5) is 0 Å². The Hall–Kier alpha value is -1.43. The summed E-state index contributed by atoms with van der Waals surface area (Å²) >= 11 is 7.36. The Labute approximate surface area is 150 Å². The van der Waals surface area contributed by atoms with Gasteiger partial charge in [0.2, 0.25) is 0 Å². The van der Waals surface area contributed by atoms with E-state index in [9.17, 15) is 4.79 Å². The summed E-state index contributed by atoms with van der Waals surface area (Å²) < 4.78 is 0. The Morgan fingerprint density at radius 1 is 1.29 bits per heavy atom. The summed E-state index contributed by atoms with van der Waals surface area (Å²) in [5.41, 5.74) is 0.847. The van der Waals surface area contributed by atoms with Crippen molar-refractivity contribution in [2.75, 3.05) is 13.1 Å². The second-order valence-electron chi connectivity index (χ2n) is 6.64. The number of amides is 1. The number of carbonyl (C=O) groups excluding carboxylic acids is 1. The molecule has 2 aromatic heterocycles.